The predicted molar refractivity (Wildman–Crippen MR) is 106 cm³/mol. The minimum Gasteiger partial charge on any atom is -0.325 e. The lowest BCUT2D eigenvalue weighted by Crippen LogP contribution is -2.28. The highest BCUT2D eigenvalue weighted by atomic mass is 16.2. The van der Waals surface area contributed by atoms with Crippen molar-refractivity contribution in [3.63, 3.8) is 0 Å². The van der Waals surface area contributed by atoms with E-state index < -0.39 is 11.5 Å². The zero-order valence-electron chi connectivity index (χ0n) is 15.4. The molecule has 144 valence electrons. The van der Waals surface area contributed by atoms with Gasteiger partial charge >= 0.3 is 0 Å². The van der Waals surface area contributed by atoms with E-state index in [1.54, 1.807) is 24.3 Å². The zero-order chi connectivity index (χ0) is 20.4. The number of Topliss-reactive ketones (excluding diaryl/α,β-unsaturated/α-hetero) is 1. The van der Waals surface area contributed by atoms with E-state index in [1.165, 1.54) is 22.5 Å². The van der Waals surface area contributed by atoms with Gasteiger partial charge in [-0.1, -0.05) is 23.4 Å². The SMILES string of the molecule is CC(=O)c1ccc(NC(=O)Cn2cnc3c(nnn3-c3ccccc3)c2=O)cc1. The summed E-state index contributed by atoms with van der Waals surface area (Å²) in [5.41, 5.74) is 1.74. The molecule has 9 heteroatoms. The number of carbonyl (C=O) groups is 2. The largest absolute Gasteiger partial charge is 0.325 e. The molecule has 0 spiro atoms. The lowest BCUT2D eigenvalue weighted by molar-refractivity contribution is -0.116. The Labute approximate surface area is 164 Å². The Bertz CT molecular complexity index is 1260. The number of carbonyl (C=O) groups excluding carboxylic acids is 2. The summed E-state index contributed by atoms with van der Waals surface area (Å²) in [6, 6.07) is 15.7. The minimum atomic E-state index is -0.459. The van der Waals surface area contributed by atoms with Crippen molar-refractivity contribution in [1.82, 2.24) is 24.5 Å². The molecule has 0 aliphatic carbocycles. The van der Waals surface area contributed by atoms with E-state index in [0.29, 0.717) is 16.9 Å². The summed E-state index contributed by atoms with van der Waals surface area (Å²) in [5.74, 6) is -0.461. The van der Waals surface area contributed by atoms with Crippen molar-refractivity contribution in [3.8, 4) is 5.69 Å². The molecular formula is C20H16N6O3. The molecule has 0 aliphatic heterocycles. The maximum absolute atomic E-state index is 12.7. The van der Waals surface area contributed by atoms with Gasteiger partial charge in [0.2, 0.25) is 5.91 Å². The molecule has 0 bridgehead atoms. The third kappa shape index (κ3) is 3.65. The molecule has 0 atom stereocenters. The fourth-order valence-electron chi connectivity index (χ4n) is 2.84. The molecule has 29 heavy (non-hydrogen) atoms. The van der Waals surface area contributed by atoms with Crippen LogP contribution in [0.4, 0.5) is 5.69 Å². The van der Waals surface area contributed by atoms with E-state index in [0.717, 1.165) is 5.69 Å². The van der Waals surface area contributed by atoms with Gasteiger partial charge in [0, 0.05) is 11.3 Å². The lowest BCUT2D eigenvalue weighted by atomic mass is 10.1. The van der Waals surface area contributed by atoms with Crippen molar-refractivity contribution >= 4 is 28.5 Å². The first-order valence-corrected chi connectivity index (χ1v) is 8.80. The molecule has 9 nitrogen and oxygen atoms in total. The smallest absolute Gasteiger partial charge is 0.284 e. The van der Waals surface area contributed by atoms with E-state index in [1.807, 2.05) is 30.3 Å². The second kappa shape index (κ2) is 7.47. The summed E-state index contributed by atoms with van der Waals surface area (Å²) in [5, 5.41) is 10.6. The molecule has 1 N–H and O–H groups in total. The van der Waals surface area contributed by atoms with Crippen molar-refractivity contribution in [2.45, 2.75) is 13.5 Å². The summed E-state index contributed by atoms with van der Waals surface area (Å²) in [4.78, 5) is 40.5. The first-order valence-electron chi connectivity index (χ1n) is 8.80. The van der Waals surface area contributed by atoms with Crippen molar-refractivity contribution in [2.75, 3.05) is 5.32 Å². The van der Waals surface area contributed by atoms with Gasteiger partial charge in [-0.05, 0) is 43.3 Å². The molecule has 0 saturated carbocycles. The molecule has 0 radical (unpaired) electrons. The Hall–Kier alpha value is -4.14. The summed E-state index contributed by atoms with van der Waals surface area (Å²) < 4.78 is 2.64. The normalized spacial score (nSPS) is 10.8. The molecule has 0 saturated heterocycles. The summed E-state index contributed by atoms with van der Waals surface area (Å²) in [6.45, 7) is 1.24. The minimum absolute atomic E-state index is 0.0580. The van der Waals surface area contributed by atoms with Crippen LogP contribution in [0.2, 0.25) is 0 Å². The molecule has 0 fully saturated rings. The number of hydrogen-bond acceptors (Lipinski definition) is 6. The lowest BCUT2D eigenvalue weighted by Gasteiger charge is -2.07. The molecule has 4 rings (SSSR count). The molecule has 2 aromatic heterocycles. The number of para-hydroxylation sites is 1. The predicted octanol–water partition coefficient (Wildman–Crippen LogP) is 1.82. The third-order valence-electron chi connectivity index (χ3n) is 4.32. The van der Waals surface area contributed by atoms with Gasteiger partial charge in [-0.3, -0.25) is 19.0 Å². The standard InChI is InChI=1S/C20H16N6O3/c1-13(27)14-7-9-15(10-8-14)22-17(28)11-25-12-21-19-18(20(25)29)23-24-26(19)16-5-3-2-4-6-16/h2-10,12H,11H2,1H3,(H,22,28). The number of fused-ring (bicyclic) bond motifs is 1. The van der Waals surface area contributed by atoms with Crippen LogP contribution in [0.5, 0.6) is 0 Å². The molecule has 0 aliphatic rings. The summed E-state index contributed by atoms with van der Waals surface area (Å²) in [7, 11) is 0. The summed E-state index contributed by atoms with van der Waals surface area (Å²) >= 11 is 0. The second-order valence-electron chi connectivity index (χ2n) is 6.37. The van der Waals surface area contributed by atoms with Crippen molar-refractivity contribution in [2.24, 2.45) is 0 Å². The second-order valence-corrected chi connectivity index (χ2v) is 6.37. The topological polar surface area (TPSA) is 112 Å². The van der Waals surface area contributed by atoms with Crippen LogP contribution < -0.4 is 10.9 Å². The Kier molecular flexibility index (Phi) is 4.70. The van der Waals surface area contributed by atoms with Crippen molar-refractivity contribution in [1.29, 1.82) is 0 Å². The van der Waals surface area contributed by atoms with Crippen LogP contribution in [0, 0.1) is 0 Å². The Morgan fingerprint density at radius 1 is 1.03 bits per heavy atom. The number of nitrogens with one attached hydrogen (secondary N) is 1. The van der Waals surface area contributed by atoms with Gasteiger partial charge in [0.15, 0.2) is 16.9 Å². The van der Waals surface area contributed by atoms with Gasteiger partial charge in [0.1, 0.15) is 12.9 Å². The van der Waals surface area contributed by atoms with E-state index in [9.17, 15) is 14.4 Å². The van der Waals surface area contributed by atoms with E-state index in [-0.39, 0.29) is 17.8 Å². The van der Waals surface area contributed by atoms with E-state index in [4.69, 9.17) is 0 Å². The quantitative estimate of drug-likeness (QED) is 0.522. The van der Waals surface area contributed by atoms with Crippen LogP contribution in [-0.4, -0.2) is 36.2 Å². The average Bonchev–Trinajstić information content (AvgIpc) is 3.16. The van der Waals surface area contributed by atoms with Crippen LogP contribution in [0.25, 0.3) is 16.9 Å². The number of anilines is 1. The highest BCUT2D eigenvalue weighted by Crippen LogP contribution is 2.12. The van der Waals surface area contributed by atoms with E-state index >= 15 is 0 Å². The Morgan fingerprint density at radius 2 is 1.76 bits per heavy atom. The Morgan fingerprint density at radius 3 is 2.45 bits per heavy atom. The number of ketones is 1. The van der Waals surface area contributed by atoms with Crippen molar-refractivity contribution < 1.29 is 9.59 Å². The first kappa shape index (κ1) is 18.2. The number of benzene rings is 2. The molecule has 2 heterocycles. The highest BCUT2D eigenvalue weighted by molar-refractivity contribution is 5.95. The number of hydrogen-bond donors (Lipinski definition) is 1. The van der Waals surface area contributed by atoms with Crippen LogP contribution in [0.15, 0.2) is 65.7 Å². The maximum atomic E-state index is 12.7. The molecule has 4 aromatic rings. The first-order chi connectivity index (χ1) is 14.0. The highest BCUT2D eigenvalue weighted by Gasteiger charge is 2.14. The molecular weight excluding hydrogens is 372 g/mol. The Balaban J connectivity index is 1.55. The zero-order valence-corrected chi connectivity index (χ0v) is 15.4. The van der Waals surface area contributed by atoms with Crippen molar-refractivity contribution in [3.05, 3.63) is 76.8 Å². The van der Waals surface area contributed by atoms with Gasteiger partial charge in [-0.2, -0.15) is 4.68 Å². The summed E-state index contributed by atoms with van der Waals surface area (Å²) in [6.07, 6.45) is 1.30. The fraction of sp³-hybridized carbons (Fsp3) is 0.100. The van der Waals surface area contributed by atoms with Gasteiger partial charge in [-0.15, -0.1) is 5.10 Å². The van der Waals surface area contributed by atoms with Crippen LogP contribution in [0.1, 0.15) is 17.3 Å². The number of amides is 1. The van der Waals surface area contributed by atoms with Crippen LogP contribution >= 0.6 is 0 Å². The number of rotatable bonds is 5. The maximum Gasteiger partial charge on any atom is 0.284 e. The van der Waals surface area contributed by atoms with Crippen LogP contribution in [0.3, 0.4) is 0 Å². The van der Waals surface area contributed by atoms with Gasteiger partial charge in [-0.25, -0.2) is 4.98 Å². The third-order valence-corrected chi connectivity index (χ3v) is 4.32. The van der Waals surface area contributed by atoms with Gasteiger partial charge in [0.05, 0.1) is 5.69 Å². The average molecular weight is 388 g/mol. The van der Waals surface area contributed by atoms with Gasteiger partial charge < -0.3 is 5.32 Å². The number of nitrogens with zero attached hydrogens (tertiary/aromatic N) is 5. The molecule has 1 amide bonds. The van der Waals surface area contributed by atoms with E-state index in [2.05, 4.69) is 20.6 Å². The van der Waals surface area contributed by atoms with Crippen LogP contribution in [-0.2, 0) is 11.3 Å². The number of aromatic nitrogens is 5. The molecule has 0 unspecified atom stereocenters. The molecule has 2 aromatic carbocycles. The van der Waals surface area contributed by atoms with Gasteiger partial charge in [0.25, 0.3) is 5.56 Å². The fourth-order valence-corrected chi connectivity index (χ4v) is 2.84. The monoisotopic (exact) mass is 388 g/mol.